The molecule has 1 nitrogen and oxygen atoms in total. The van der Waals surface area contributed by atoms with Crippen LogP contribution in [0, 0.1) is 0 Å². The third-order valence-corrected chi connectivity index (χ3v) is 2.46. The van der Waals surface area contributed by atoms with Crippen LogP contribution in [-0.4, -0.2) is 6.21 Å². The largest absolute Gasteiger partial charge is 0.261 e. The zero-order chi connectivity index (χ0) is 7.84. The Balaban J connectivity index is 2.66. The Morgan fingerprint density at radius 1 is 1.45 bits per heavy atom. The highest BCUT2D eigenvalue weighted by Crippen LogP contribution is 2.33. The second kappa shape index (κ2) is 2.61. The van der Waals surface area contributed by atoms with Crippen LogP contribution >= 0.6 is 27.5 Å². The molecule has 0 unspecified atom stereocenters. The summed E-state index contributed by atoms with van der Waals surface area (Å²) >= 11 is 9.32. The first kappa shape index (κ1) is 7.32. The van der Waals surface area contributed by atoms with Crippen LogP contribution in [0.5, 0.6) is 0 Å². The summed E-state index contributed by atoms with van der Waals surface area (Å²) in [4.78, 5) is 4.18. The van der Waals surface area contributed by atoms with Gasteiger partial charge in [-0.25, -0.2) is 0 Å². The minimum absolute atomic E-state index is 0.798. The minimum Gasteiger partial charge on any atom is -0.261 e. The molecule has 0 saturated heterocycles. The molecule has 1 aromatic carbocycles. The van der Waals surface area contributed by atoms with Crippen molar-refractivity contribution in [3.05, 3.63) is 27.2 Å². The lowest BCUT2D eigenvalue weighted by molar-refractivity contribution is 1.40. The van der Waals surface area contributed by atoms with Gasteiger partial charge in [0.25, 0.3) is 0 Å². The summed E-state index contributed by atoms with van der Waals surface area (Å²) in [5.74, 6) is 0. The van der Waals surface area contributed by atoms with Crippen LogP contribution in [0.25, 0.3) is 0 Å². The molecule has 11 heavy (non-hydrogen) atoms. The van der Waals surface area contributed by atoms with E-state index in [0.717, 1.165) is 27.2 Å². The van der Waals surface area contributed by atoms with Crippen molar-refractivity contribution >= 4 is 39.4 Å². The third kappa shape index (κ3) is 1.21. The van der Waals surface area contributed by atoms with Gasteiger partial charge in [0.05, 0.1) is 5.69 Å². The van der Waals surface area contributed by atoms with Crippen molar-refractivity contribution in [3.8, 4) is 0 Å². The van der Waals surface area contributed by atoms with Gasteiger partial charge in [0, 0.05) is 27.7 Å². The summed E-state index contributed by atoms with van der Waals surface area (Å²) in [7, 11) is 0. The normalized spacial score (nSPS) is 13.6. The van der Waals surface area contributed by atoms with E-state index in [4.69, 9.17) is 11.6 Å². The quantitative estimate of drug-likeness (QED) is 0.648. The van der Waals surface area contributed by atoms with Crippen molar-refractivity contribution in [2.24, 2.45) is 4.99 Å². The smallest absolute Gasteiger partial charge is 0.0687 e. The molecule has 56 valence electrons. The summed E-state index contributed by atoms with van der Waals surface area (Å²) in [5.41, 5.74) is 2.12. The van der Waals surface area contributed by atoms with Gasteiger partial charge in [-0.3, -0.25) is 4.99 Å². The topological polar surface area (TPSA) is 12.4 Å². The molecular formula is C8H5BrClN. The molecule has 0 atom stereocenters. The van der Waals surface area contributed by atoms with Crippen LogP contribution in [0.3, 0.4) is 0 Å². The molecule has 1 heterocycles. The number of aliphatic imine (C=N–C) groups is 1. The molecule has 3 heteroatoms. The van der Waals surface area contributed by atoms with Crippen LogP contribution in [0.1, 0.15) is 5.56 Å². The maximum Gasteiger partial charge on any atom is 0.0687 e. The first-order chi connectivity index (χ1) is 5.27. The van der Waals surface area contributed by atoms with Gasteiger partial charge in [-0.1, -0.05) is 27.5 Å². The van der Waals surface area contributed by atoms with Gasteiger partial charge in [0.1, 0.15) is 0 Å². The van der Waals surface area contributed by atoms with Crippen LogP contribution in [-0.2, 0) is 6.42 Å². The Bertz CT molecular complexity index is 333. The van der Waals surface area contributed by atoms with E-state index in [1.807, 2.05) is 18.3 Å². The average molecular weight is 230 g/mol. The van der Waals surface area contributed by atoms with E-state index < -0.39 is 0 Å². The fourth-order valence-electron chi connectivity index (χ4n) is 1.14. The van der Waals surface area contributed by atoms with E-state index in [2.05, 4.69) is 20.9 Å². The lowest BCUT2D eigenvalue weighted by atomic mass is 10.2. The van der Waals surface area contributed by atoms with Gasteiger partial charge in [0.2, 0.25) is 0 Å². The summed E-state index contributed by atoms with van der Waals surface area (Å²) in [5, 5.41) is 0.798. The van der Waals surface area contributed by atoms with Crippen molar-refractivity contribution in [2.75, 3.05) is 0 Å². The predicted octanol–water partition coefficient (Wildman–Crippen LogP) is 3.36. The monoisotopic (exact) mass is 229 g/mol. The van der Waals surface area contributed by atoms with Crippen molar-refractivity contribution in [1.29, 1.82) is 0 Å². The highest BCUT2D eigenvalue weighted by molar-refractivity contribution is 9.10. The molecule has 1 aromatic rings. The van der Waals surface area contributed by atoms with Crippen molar-refractivity contribution in [3.63, 3.8) is 0 Å². The van der Waals surface area contributed by atoms with Gasteiger partial charge in [-0.15, -0.1) is 0 Å². The van der Waals surface area contributed by atoms with Crippen LogP contribution < -0.4 is 0 Å². The first-order valence-corrected chi connectivity index (χ1v) is 4.45. The molecular weight excluding hydrogens is 225 g/mol. The molecule has 0 bridgehead atoms. The number of nitrogens with zero attached hydrogens (tertiary/aromatic N) is 1. The standard InChI is InChI=1S/C8H5BrClN/c9-5-3-7(10)6-1-2-11-8(6)4-5/h2-4H,1H2. The highest BCUT2D eigenvalue weighted by Gasteiger charge is 2.10. The second-order valence-corrected chi connectivity index (χ2v) is 3.72. The van der Waals surface area contributed by atoms with E-state index in [9.17, 15) is 0 Å². The predicted molar refractivity (Wildman–Crippen MR) is 51.0 cm³/mol. The van der Waals surface area contributed by atoms with Crippen LogP contribution in [0.4, 0.5) is 5.69 Å². The number of benzene rings is 1. The molecule has 0 N–H and O–H groups in total. The van der Waals surface area contributed by atoms with Gasteiger partial charge in [-0.05, 0) is 12.1 Å². The van der Waals surface area contributed by atoms with Gasteiger partial charge < -0.3 is 0 Å². The molecule has 0 aliphatic carbocycles. The highest BCUT2D eigenvalue weighted by atomic mass is 79.9. The zero-order valence-corrected chi connectivity index (χ0v) is 7.98. The zero-order valence-electron chi connectivity index (χ0n) is 5.64. The minimum atomic E-state index is 0.798. The Morgan fingerprint density at radius 2 is 2.27 bits per heavy atom. The number of halogens is 2. The fraction of sp³-hybridized carbons (Fsp3) is 0.125. The number of rotatable bonds is 0. The summed E-state index contributed by atoms with van der Waals surface area (Å²) in [6, 6.07) is 3.87. The molecule has 0 amide bonds. The molecule has 1 aliphatic rings. The molecule has 1 aliphatic heterocycles. The maximum absolute atomic E-state index is 5.96. The van der Waals surface area contributed by atoms with E-state index >= 15 is 0 Å². The Labute approximate surface area is 78.2 Å². The maximum atomic E-state index is 5.96. The summed E-state index contributed by atoms with van der Waals surface area (Å²) in [6.45, 7) is 0. The Morgan fingerprint density at radius 3 is 3.09 bits per heavy atom. The van der Waals surface area contributed by atoms with E-state index in [0.29, 0.717) is 0 Å². The average Bonchev–Trinajstić information content (AvgIpc) is 2.34. The molecule has 0 spiro atoms. The molecule has 0 aromatic heterocycles. The molecule has 0 radical (unpaired) electrons. The lowest BCUT2D eigenvalue weighted by Gasteiger charge is -2.00. The number of hydrogen-bond donors (Lipinski definition) is 0. The summed E-state index contributed by atoms with van der Waals surface area (Å²) < 4.78 is 0.986. The Hall–Kier alpha value is -0.340. The Kier molecular flexibility index (Phi) is 1.74. The van der Waals surface area contributed by atoms with E-state index in [1.54, 1.807) is 0 Å². The van der Waals surface area contributed by atoms with Crippen LogP contribution in [0.15, 0.2) is 21.6 Å². The summed E-state index contributed by atoms with van der Waals surface area (Å²) in [6.07, 6.45) is 2.74. The molecule has 2 rings (SSSR count). The van der Waals surface area contributed by atoms with Gasteiger partial charge >= 0.3 is 0 Å². The van der Waals surface area contributed by atoms with Crippen molar-refractivity contribution in [1.82, 2.24) is 0 Å². The first-order valence-electron chi connectivity index (χ1n) is 3.28. The van der Waals surface area contributed by atoms with E-state index in [1.165, 1.54) is 0 Å². The molecule has 0 fully saturated rings. The van der Waals surface area contributed by atoms with Gasteiger partial charge in [-0.2, -0.15) is 0 Å². The third-order valence-electron chi connectivity index (χ3n) is 1.66. The lowest BCUT2D eigenvalue weighted by Crippen LogP contribution is -1.80. The van der Waals surface area contributed by atoms with Crippen molar-refractivity contribution < 1.29 is 0 Å². The SMILES string of the molecule is Clc1cc(Br)cc2c1CC=N2. The molecule has 0 saturated carbocycles. The van der Waals surface area contributed by atoms with Gasteiger partial charge in [0.15, 0.2) is 0 Å². The van der Waals surface area contributed by atoms with E-state index in [-0.39, 0.29) is 0 Å². The second-order valence-electron chi connectivity index (χ2n) is 2.40. The fourth-order valence-corrected chi connectivity index (χ4v) is 2.01. The van der Waals surface area contributed by atoms with Crippen LogP contribution in [0.2, 0.25) is 5.02 Å². The number of fused-ring (bicyclic) bond motifs is 1. The van der Waals surface area contributed by atoms with Crippen molar-refractivity contribution in [2.45, 2.75) is 6.42 Å². The number of hydrogen-bond acceptors (Lipinski definition) is 1.